The van der Waals surface area contributed by atoms with Crippen molar-refractivity contribution in [3.63, 3.8) is 0 Å². The number of hydrogen-bond acceptors (Lipinski definition) is 0. The molecular formula is C12H25LiSi. The Balaban J connectivity index is 0. The van der Waals surface area contributed by atoms with Crippen LogP contribution in [0.15, 0.2) is 0 Å². The van der Waals surface area contributed by atoms with Gasteiger partial charge in [0, 0.05) is 6.42 Å². The molecule has 0 aromatic rings. The zero-order valence-electron chi connectivity index (χ0n) is 9.69. The predicted molar refractivity (Wildman–Crippen MR) is 71.8 cm³/mol. The molecule has 14 heavy (non-hydrogen) atoms. The van der Waals surface area contributed by atoms with Crippen LogP contribution in [-0.4, -0.2) is 26.9 Å². The molecule has 1 saturated heterocycles. The third-order valence-electron chi connectivity index (χ3n) is 3.25. The maximum atomic E-state index is 4.78. The summed E-state index contributed by atoms with van der Waals surface area (Å²) in [5.74, 6) is 2.43. The summed E-state index contributed by atoms with van der Waals surface area (Å²) in [5.41, 5.74) is 1.09. The molecule has 1 fully saturated rings. The first-order chi connectivity index (χ1) is 6.04. The average molecular weight is 204 g/mol. The van der Waals surface area contributed by atoms with Gasteiger partial charge in [0.2, 0.25) is 0 Å². The first-order valence-corrected chi connectivity index (χ1v) is 8.76. The van der Waals surface area contributed by atoms with Crippen LogP contribution in [0.1, 0.15) is 39.5 Å². The second-order valence-electron chi connectivity index (χ2n) is 4.69. The molecule has 1 aliphatic rings. The van der Waals surface area contributed by atoms with Crippen LogP contribution in [-0.2, 0) is 0 Å². The van der Waals surface area contributed by atoms with Crippen molar-refractivity contribution in [2.24, 2.45) is 0 Å². The SMILES string of the molecule is C#CCC.CC1CCCC[Si]1(C)C.[LiH]. The van der Waals surface area contributed by atoms with Gasteiger partial charge >= 0.3 is 18.9 Å². The van der Waals surface area contributed by atoms with Crippen molar-refractivity contribution in [3.8, 4) is 12.3 Å². The van der Waals surface area contributed by atoms with Crippen LogP contribution in [0.5, 0.6) is 0 Å². The van der Waals surface area contributed by atoms with Crippen LogP contribution in [0.25, 0.3) is 0 Å². The summed E-state index contributed by atoms with van der Waals surface area (Å²) in [6, 6.07) is 1.58. The normalized spacial score (nSPS) is 23.5. The molecule has 0 aromatic heterocycles. The number of terminal acetylenes is 1. The van der Waals surface area contributed by atoms with Crippen LogP contribution in [0.4, 0.5) is 0 Å². The van der Waals surface area contributed by atoms with Gasteiger partial charge in [-0.25, -0.2) is 0 Å². The van der Waals surface area contributed by atoms with Crippen molar-refractivity contribution < 1.29 is 0 Å². The molecule has 0 spiro atoms. The molecule has 0 bridgehead atoms. The monoisotopic (exact) mass is 204 g/mol. The van der Waals surface area contributed by atoms with Crippen LogP contribution >= 0.6 is 0 Å². The molecule has 1 unspecified atom stereocenters. The van der Waals surface area contributed by atoms with Crippen molar-refractivity contribution in [1.82, 2.24) is 0 Å². The van der Waals surface area contributed by atoms with E-state index >= 15 is 0 Å². The van der Waals surface area contributed by atoms with Gasteiger partial charge in [-0.15, -0.1) is 12.3 Å². The van der Waals surface area contributed by atoms with Crippen molar-refractivity contribution in [2.75, 3.05) is 0 Å². The minimum atomic E-state index is -0.694. The van der Waals surface area contributed by atoms with Crippen LogP contribution in [0, 0.1) is 12.3 Å². The maximum absolute atomic E-state index is 4.78. The zero-order chi connectivity index (χ0) is 10.3. The Morgan fingerprint density at radius 2 is 1.86 bits per heavy atom. The molecule has 0 aliphatic carbocycles. The second kappa shape index (κ2) is 8.66. The Kier molecular flexibility index (Phi) is 10.4. The van der Waals surface area contributed by atoms with Gasteiger partial charge in [-0.2, -0.15) is 0 Å². The predicted octanol–water partition coefficient (Wildman–Crippen LogP) is 3.65. The molecule has 78 valence electrons. The van der Waals surface area contributed by atoms with Gasteiger partial charge in [-0.05, 0) is 5.54 Å². The van der Waals surface area contributed by atoms with Gasteiger partial charge in [0.25, 0.3) is 0 Å². The molecule has 0 aromatic carbocycles. The van der Waals surface area contributed by atoms with E-state index in [4.69, 9.17) is 6.42 Å². The number of rotatable bonds is 0. The Labute approximate surface area is 103 Å². The van der Waals surface area contributed by atoms with Crippen LogP contribution in [0.3, 0.4) is 0 Å². The summed E-state index contributed by atoms with van der Waals surface area (Å²) in [4.78, 5) is 0. The Morgan fingerprint density at radius 3 is 2.07 bits per heavy atom. The third kappa shape index (κ3) is 6.77. The van der Waals surface area contributed by atoms with E-state index in [1.165, 1.54) is 19.3 Å². The summed E-state index contributed by atoms with van der Waals surface area (Å²) in [5, 5.41) is 0. The van der Waals surface area contributed by atoms with E-state index in [1.54, 1.807) is 6.04 Å². The molecule has 0 amide bonds. The molecule has 1 heterocycles. The fourth-order valence-electron chi connectivity index (χ4n) is 1.67. The van der Waals surface area contributed by atoms with Crippen LogP contribution < -0.4 is 0 Å². The molecule has 0 nitrogen and oxygen atoms in total. The average Bonchev–Trinajstić information content (AvgIpc) is 2.11. The van der Waals surface area contributed by atoms with Gasteiger partial charge < -0.3 is 0 Å². The standard InChI is InChI=1S/C8H18Si.C4H6.Li.H/c1-8-6-4-5-7-9(8,2)3;1-3-4-2;;/h8H,4-7H2,1-3H3;1H,4H2,2H3;;. The summed E-state index contributed by atoms with van der Waals surface area (Å²) in [6.45, 7) is 9.47. The molecule has 1 aliphatic heterocycles. The Hall–Kier alpha value is 0.374. The summed E-state index contributed by atoms with van der Waals surface area (Å²) < 4.78 is 0. The Morgan fingerprint density at radius 1 is 1.36 bits per heavy atom. The van der Waals surface area contributed by atoms with Gasteiger partial charge in [-0.1, -0.05) is 52.2 Å². The van der Waals surface area contributed by atoms with E-state index in [-0.39, 0.29) is 18.9 Å². The van der Waals surface area contributed by atoms with Gasteiger partial charge in [0.05, 0.1) is 8.07 Å². The quantitative estimate of drug-likeness (QED) is 0.417. The number of hydrogen-bond donors (Lipinski definition) is 0. The van der Waals surface area contributed by atoms with Gasteiger partial charge in [0.15, 0.2) is 0 Å². The molecule has 0 N–H and O–H groups in total. The van der Waals surface area contributed by atoms with E-state index in [1.807, 2.05) is 6.92 Å². The summed E-state index contributed by atoms with van der Waals surface area (Å²) in [7, 11) is -0.694. The Bertz CT molecular complexity index is 170. The van der Waals surface area contributed by atoms with Crippen molar-refractivity contribution in [3.05, 3.63) is 0 Å². The van der Waals surface area contributed by atoms with E-state index in [9.17, 15) is 0 Å². The van der Waals surface area contributed by atoms with E-state index in [0.29, 0.717) is 0 Å². The molecule has 0 radical (unpaired) electrons. The minimum absolute atomic E-state index is 0. The third-order valence-corrected chi connectivity index (χ3v) is 7.85. The first-order valence-electron chi connectivity index (χ1n) is 5.48. The van der Waals surface area contributed by atoms with E-state index < -0.39 is 8.07 Å². The molecule has 1 rings (SSSR count). The van der Waals surface area contributed by atoms with Crippen molar-refractivity contribution in [1.29, 1.82) is 0 Å². The van der Waals surface area contributed by atoms with Gasteiger partial charge in [-0.3, -0.25) is 0 Å². The molecule has 0 saturated carbocycles. The molecule has 1 atom stereocenters. The van der Waals surface area contributed by atoms with Crippen molar-refractivity contribution >= 4 is 26.9 Å². The molecular weight excluding hydrogens is 179 g/mol. The van der Waals surface area contributed by atoms with Gasteiger partial charge in [0.1, 0.15) is 0 Å². The second-order valence-corrected chi connectivity index (χ2v) is 10.2. The topological polar surface area (TPSA) is 0 Å². The zero-order valence-corrected chi connectivity index (χ0v) is 10.7. The summed E-state index contributed by atoms with van der Waals surface area (Å²) in [6.07, 6.45) is 10.2. The van der Waals surface area contributed by atoms with E-state index in [0.717, 1.165) is 12.0 Å². The molecule has 2 heteroatoms. The first kappa shape index (κ1) is 16.8. The van der Waals surface area contributed by atoms with E-state index in [2.05, 4.69) is 25.9 Å². The fraction of sp³-hybridized carbons (Fsp3) is 0.833. The summed E-state index contributed by atoms with van der Waals surface area (Å²) >= 11 is 0. The van der Waals surface area contributed by atoms with Crippen LogP contribution in [0.2, 0.25) is 24.7 Å². The fourth-order valence-corrected chi connectivity index (χ4v) is 4.31. The van der Waals surface area contributed by atoms with Crippen molar-refractivity contribution in [2.45, 2.75) is 64.2 Å².